The number of rotatable bonds is 6. The number of carbonyl (C=O) groups is 1. The van der Waals surface area contributed by atoms with Gasteiger partial charge in [-0.3, -0.25) is 9.78 Å². The monoisotopic (exact) mass is 270 g/mol. The van der Waals surface area contributed by atoms with Gasteiger partial charge in [0.2, 0.25) is 5.91 Å². The summed E-state index contributed by atoms with van der Waals surface area (Å²) in [7, 11) is 1.65. The lowest BCUT2D eigenvalue weighted by atomic mass is 10.1. The Hall–Kier alpha value is -2.36. The molecular formula is C16H18N2O2. The van der Waals surface area contributed by atoms with Crippen LogP contribution in [0.15, 0.2) is 48.7 Å². The Balaban J connectivity index is 1.76. The molecule has 1 amide bonds. The summed E-state index contributed by atoms with van der Waals surface area (Å²) in [4.78, 5) is 15.9. The standard InChI is InChI=1S/C16H18N2O2/c1-20-15-7-4-5-13(11-15)8-10-18-16(19)12-14-6-2-3-9-17-14/h2-7,9,11H,8,10,12H2,1H3,(H,18,19). The fraction of sp³-hybridized carbons (Fsp3) is 0.250. The van der Waals surface area contributed by atoms with Gasteiger partial charge in [-0.05, 0) is 36.2 Å². The SMILES string of the molecule is COc1cccc(CCNC(=O)Cc2ccccn2)c1. The number of methoxy groups -OCH3 is 1. The maximum atomic E-state index is 11.7. The van der Waals surface area contributed by atoms with E-state index in [0.717, 1.165) is 23.4 Å². The van der Waals surface area contributed by atoms with Crippen LogP contribution in [0, 0.1) is 0 Å². The average Bonchev–Trinajstić information content (AvgIpc) is 2.48. The van der Waals surface area contributed by atoms with Crippen LogP contribution in [0.25, 0.3) is 0 Å². The van der Waals surface area contributed by atoms with Crippen molar-refractivity contribution in [2.45, 2.75) is 12.8 Å². The highest BCUT2D eigenvalue weighted by molar-refractivity contribution is 5.78. The normalized spacial score (nSPS) is 10.1. The van der Waals surface area contributed by atoms with Crippen LogP contribution >= 0.6 is 0 Å². The van der Waals surface area contributed by atoms with Gasteiger partial charge in [-0.15, -0.1) is 0 Å². The number of amides is 1. The molecular weight excluding hydrogens is 252 g/mol. The second kappa shape index (κ2) is 7.28. The summed E-state index contributed by atoms with van der Waals surface area (Å²) in [5.74, 6) is 0.828. The van der Waals surface area contributed by atoms with Gasteiger partial charge in [0.05, 0.1) is 13.5 Å². The number of benzene rings is 1. The number of pyridine rings is 1. The number of hydrogen-bond donors (Lipinski definition) is 1. The van der Waals surface area contributed by atoms with Crippen molar-refractivity contribution in [1.82, 2.24) is 10.3 Å². The molecule has 4 heteroatoms. The van der Waals surface area contributed by atoms with Crippen LogP contribution in [-0.2, 0) is 17.6 Å². The minimum atomic E-state index is -0.00778. The zero-order valence-corrected chi connectivity index (χ0v) is 11.5. The first-order valence-electron chi connectivity index (χ1n) is 6.57. The Labute approximate surface area is 118 Å². The molecule has 1 aromatic heterocycles. The minimum Gasteiger partial charge on any atom is -0.497 e. The second-order valence-corrected chi connectivity index (χ2v) is 4.45. The fourth-order valence-electron chi connectivity index (χ4n) is 1.90. The molecule has 104 valence electrons. The highest BCUT2D eigenvalue weighted by atomic mass is 16.5. The predicted molar refractivity (Wildman–Crippen MR) is 77.6 cm³/mol. The van der Waals surface area contributed by atoms with E-state index in [2.05, 4.69) is 10.3 Å². The Morgan fingerprint density at radius 3 is 2.90 bits per heavy atom. The number of hydrogen-bond acceptors (Lipinski definition) is 3. The van der Waals surface area contributed by atoms with Gasteiger partial charge in [-0.25, -0.2) is 0 Å². The van der Waals surface area contributed by atoms with Gasteiger partial charge >= 0.3 is 0 Å². The number of aromatic nitrogens is 1. The molecule has 0 spiro atoms. The van der Waals surface area contributed by atoms with Crippen LogP contribution in [0.4, 0.5) is 0 Å². The Kier molecular flexibility index (Phi) is 5.12. The average molecular weight is 270 g/mol. The van der Waals surface area contributed by atoms with E-state index in [0.29, 0.717) is 13.0 Å². The first-order chi connectivity index (χ1) is 9.78. The van der Waals surface area contributed by atoms with Crippen molar-refractivity contribution in [2.24, 2.45) is 0 Å². The third-order valence-electron chi connectivity index (χ3n) is 2.94. The van der Waals surface area contributed by atoms with Gasteiger partial charge in [0, 0.05) is 18.4 Å². The zero-order valence-electron chi connectivity index (χ0n) is 11.5. The van der Waals surface area contributed by atoms with Crippen molar-refractivity contribution in [3.63, 3.8) is 0 Å². The van der Waals surface area contributed by atoms with Crippen LogP contribution in [0.1, 0.15) is 11.3 Å². The lowest BCUT2D eigenvalue weighted by molar-refractivity contribution is -0.120. The van der Waals surface area contributed by atoms with Crippen LogP contribution in [0.3, 0.4) is 0 Å². The molecule has 4 nitrogen and oxygen atoms in total. The van der Waals surface area contributed by atoms with Crippen molar-refractivity contribution in [1.29, 1.82) is 0 Å². The van der Waals surface area contributed by atoms with Gasteiger partial charge in [0.25, 0.3) is 0 Å². The van der Waals surface area contributed by atoms with Gasteiger partial charge in [-0.1, -0.05) is 18.2 Å². The fourth-order valence-corrected chi connectivity index (χ4v) is 1.90. The molecule has 1 aromatic carbocycles. The maximum Gasteiger partial charge on any atom is 0.226 e. The summed E-state index contributed by atoms with van der Waals surface area (Å²) in [6.07, 6.45) is 2.79. The summed E-state index contributed by atoms with van der Waals surface area (Å²) in [6, 6.07) is 13.4. The van der Waals surface area contributed by atoms with Gasteiger partial charge in [-0.2, -0.15) is 0 Å². The number of nitrogens with one attached hydrogen (secondary N) is 1. The maximum absolute atomic E-state index is 11.7. The summed E-state index contributed by atoms with van der Waals surface area (Å²) in [5.41, 5.74) is 1.92. The van der Waals surface area contributed by atoms with Gasteiger partial charge in [0.15, 0.2) is 0 Å². The zero-order chi connectivity index (χ0) is 14.2. The molecule has 2 aromatic rings. The van der Waals surface area contributed by atoms with E-state index in [9.17, 15) is 4.79 Å². The molecule has 0 radical (unpaired) electrons. The lowest BCUT2D eigenvalue weighted by Gasteiger charge is -2.06. The molecule has 1 N–H and O–H groups in total. The predicted octanol–water partition coefficient (Wildman–Crippen LogP) is 1.99. The smallest absolute Gasteiger partial charge is 0.226 e. The number of carbonyl (C=O) groups excluding carboxylic acids is 1. The van der Waals surface area contributed by atoms with Crippen LogP contribution in [0.2, 0.25) is 0 Å². The van der Waals surface area contributed by atoms with Crippen LogP contribution < -0.4 is 10.1 Å². The number of nitrogens with zero attached hydrogens (tertiary/aromatic N) is 1. The third-order valence-corrected chi connectivity index (χ3v) is 2.94. The summed E-state index contributed by atoms with van der Waals surface area (Å²) >= 11 is 0. The summed E-state index contributed by atoms with van der Waals surface area (Å²) in [6.45, 7) is 0.610. The molecule has 2 rings (SSSR count). The Morgan fingerprint density at radius 1 is 1.25 bits per heavy atom. The van der Waals surface area contributed by atoms with E-state index in [1.54, 1.807) is 13.3 Å². The molecule has 0 fully saturated rings. The van der Waals surface area contributed by atoms with E-state index in [4.69, 9.17) is 4.74 Å². The largest absolute Gasteiger partial charge is 0.497 e. The molecule has 0 aliphatic rings. The summed E-state index contributed by atoms with van der Waals surface area (Å²) in [5, 5.41) is 2.90. The molecule has 0 atom stereocenters. The van der Waals surface area contributed by atoms with Crippen molar-refractivity contribution in [2.75, 3.05) is 13.7 Å². The molecule has 0 aliphatic carbocycles. The quantitative estimate of drug-likeness (QED) is 0.873. The minimum absolute atomic E-state index is 0.00778. The first-order valence-corrected chi connectivity index (χ1v) is 6.57. The van der Waals surface area contributed by atoms with Crippen molar-refractivity contribution < 1.29 is 9.53 Å². The van der Waals surface area contributed by atoms with E-state index >= 15 is 0 Å². The van der Waals surface area contributed by atoms with E-state index in [-0.39, 0.29) is 5.91 Å². The first kappa shape index (κ1) is 14.1. The third kappa shape index (κ3) is 4.39. The highest BCUT2D eigenvalue weighted by Gasteiger charge is 2.03. The summed E-state index contributed by atoms with van der Waals surface area (Å²) < 4.78 is 5.17. The van der Waals surface area contributed by atoms with E-state index < -0.39 is 0 Å². The molecule has 0 unspecified atom stereocenters. The Bertz CT molecular complexity index is 555. The van der Waals surface area contributed by atoms with Crippen LogP contribution in [-0.4, -0.2) is 24.5 Å². The van der Waals surface area contributed by atoms with Crippen molar-refractivity contribution in [3.8, 4) is 5.75 Å². The molecule has 20 heavy (non-hydrogen) atoms. The molecule has 1 heterocycles. The highest BCUT2D eigenvalue weighted by Crippen LogP contribution is 2.12. The van der Waals surface area contributed by atoms with Crippen molar-refractivity contribution >= 4 is 5.91 Å². The molecule has 0 saturated carbocycles. The van der Waals surface area contributed by atoms with Gasteiger partial charge < -0.3 is 10.1 Å². The topological polar surface area (TPSA) is 51.2 Å². The molecule has 0 aliphatic heterocycles. The van der Waals surface area contributed by atoms with Gasteiger partial charge in [0.1, 0.15) is 5.75 Å². The van der Waals surface area contributed by atoms with E-state index in [1.165, 1.54) is 0 Å². The second-order valence-electron chi connectivity index (χ2n) is 4.45. The van der Waals surface area contributed by atoms with Crippen molar-refractivity contribution in [3.05, 3.63) is 59.9 Å². The van der Waals surface area contributed by atoms with Crippen LogP contribution in [0.5, 0.6) is 5.75 Å². The Morgan fingerprint density at radius 2 is 2.15 bits per heavy atom. The molecule has 0 bridgehead atoms. The van der Waals surface area contributed by atoms with E-state index in [1.807, 2.05) is 42.5 Å². The molecule has 0 saturated heterocycles. The lowest BCUT2D eigenvalue weighted by Crippen LogP contribution is -2.27. The number of ether oxygens (including phenoxy) is 1.